The monoisotopic (exact) mass is 233 g/mol. The van der Waals surface area contributed by atoms with Crippen LogP contribution < -0.4 is 5.73 Å². The quantitative estimate of drug-likeness (QED) is 0.804. The number of nitrogens with two attached hydrogens (primary N) is 1. The van der Waals surface area contributed by atoms with Crippen LogP contribution in [0.5, 0.6) is 0 Å². The fraction of sp³-hybridized carbons (Fsp3) is 0.600. The van der Waals surface area contributed by atoms with Gasteiger partial charge >= 0.3 is 0 Å². The molecule has 0 aromatic heterocycles. The Labute approximate surface area is 104 Å². The van der Waals surface area contributed by atoms with Crippen molar-refractivity contribution in [2.75, 3.05) is 5.73 Å². The zero-order chi connectivity index (χ0) is 12.1. The summed E-state index contributed by atoms with van der Waals surface area (Å²) < 4.78 is 6.00. The molecular formula is C15H23NO. The highest BCUT2D eigenvalue weighted by molar-refractivity contribution is 5.39. The third-order valence-corrected chi connectivity index (χ3v) is 3.78. The van der Waals surface area contributed by atoms with Crippen LogP contribution in [0.25, 0.3) is 0 Å². The number of ether oxygens (including phenoxy) is 1. The van der Waals surface area contributed by atoms with Crippen molar-refractivity contribution in [1.82, 2.24) is 0 Å². The Morgan fingerprint density at radius 1 is 1.24 bits per heavy atom. The molecule has 2 atom stereocenters. The van der Waals surface area contributed by atoms with Gasteiger partial charge in [-0.15, -0.1) is 0 Å². The zero-order valence-electron chi connectivity index (χ0n) is 10.7. The molecule has 2 nitrogen and oxygen atoms in total. The van der Waals surface area contributed by atoms with Gasteiger partial charge < -0.3 is 10.5 Å². The fourth-order valence-corrected chi connectivity index (χ4v) is 2.59. The summed E-state index contributed by atoms with van der Waals surface area (Å²) in [4.78, 5) is 0. The third-order valence-electron chi connectivity index (χ3n) is 3.78. The topological polar surface area (TPSA) is 35.2 Å². The normalized spacial score (nSPS) is 24.8. The molecule has 2 N–H and O–H groups in total. The summed E-state index contributed by atoms with van der Waals surface area (Å²) in [6.07, 6.45) is 6.94. The van der Waals surface area contributed by atoms with E-state index in [1.54, 1.807) is 0 Å². The molecule has 0 aliphatic heterocycles. The van der Waals surface area contributed by atoms with Crippen molar-refractivity contribution < 1.29 is 4.74 Å². The van der Waals surface area contributed by atoms with Gasteiger partial charge in [-0.1, -0.05) is 38.3 Å². The first kappa shape index (κ1) is 12.4. The lowest BCUT2D eigenvalue weighted by Gasteiger charge is -2.28. The van der Waals surface area contributed by atoms with Gasteiger partial charge in [-0.2, -0.15) is 0 Å². The predicted octanol–water partition coefficient (Wildman–Crippen LogP) is 3.75. The van der Waals surface area contributed by atoms with E-state index < -0.39 is 0 Å². The molecule has 0 radical (unpaired) electrons. The average molecular weight is 233 g/mol. The standard InChI is InChI=1S/C15H23NO/c1-2-12-4-3-5-15(10-12)17-11-13-6-8-14(16)9-7-13/h6-9,12,15H,2-5,10-11,16H2,1H3. The molecule has 1 aromatic rings. The SMILES string of the molecule is CCC1CCCC(OCc2ccc(N)cc2)C1. The van der Waals surface area contributed by atoms with E-state index in [0.717, 1.165) is 18.2 Å². The Morgan fingerprint density at radius 3 is 2.71 bits per heavy atom. The highest BCUT2D eigenvalue weighted by Crippen LogP contribution is 2.28. The maximum atomic E-state index is 6.00. The van der Waals surface area contributed by atoms with E-state index >= 15 is 0 Å². The van der Waals surface area contributed by atoms with Crippen LogP contribution >= 0.6 is 0 Å². The van der Waals surface area contributed by atoms with Gasteiger partial charge in [-0.25, -0.2) is 0 Å². The molecule has 1 fully saturated rings. The Balaban J connectivity index is 1.79. The van der Waals surface area contributed by atoms with E-state index in [9.17, 15) is 0 Å². The molecule has 2 heteroatoms. The van der Waals surface area contributed by atoms with Crippen molar-refractivity contribution in [1.29, 1.82) is 0 Å². The number of anilines is 1. The second-order valence-electron chi connectivity index (χ2n) is 5.12. The lowest BCUT2D eigenvalue weighted by molar-refractivity contribution is 0.00178. The molecule has 1 aliphatic rings. The largest absolute Gasteiger partial charge is 0.399 e. The number of nitrogen functional groups attached to an aromatic ring is 1. The van der Waals surface area contributed by atoms with Crippen LogP contribution in [0.15, 0.2) is 24.3 Å². The van der Waals surface area contributed by atoms with Gasteiger partial charge in [0.2, 0.25) is 0 Å². The molecule has 0 amide bonds. The molecular weight excluding hydrogens is 210 g/mol. The highest BCUT2D eigenvalue weighted by atomic mass is 16.5. The van der Waals surface area contributed by atoms with Crippen molar-refractivity contribution in [2.45, 2.75) is 51.7 Å². The predicted molar refractivity (Wildman–Crippen MR) is 71.7 cm³/mol. The lowest BCUT2D eigenvalue weighted by Crippen LogP contribution is -2.22. The number of rotatable bonds is 4. The minimum absolute atomic E-state index is 0.464. The van der Waals surface area contributed by atoms with Gasteiger partial charge in [-0.05, 0) is 36.5 Å². The summed E-state index contributed by atoms with van der Waals surface area (Å²) in [5, 5.41) is 0. The van der Waals surface area contributed by atoms with E-state index in [2.05, 4.69) is 19.1 Å². The maximum Gasteiger partial charge on any atom is 0.0720 e. The van der Waals surface area contributed by atoms with Crippen molar-refractivity contribution in [3.63, 3.8) is 0 Å². The van der Waals surface area contributed by atoms with Gasteiger partial charge in [-0.3, -0.25) is 0 Å². The average Bonchev–Trinajstić information content (AvgIpc) is 2.38. The Hall–Kier alpha value is -1.02. The van der Waals surface area contributed by atoms with E-state index in [1.807, 2.05) is 12.1 Å². The highest BCUT2D eigenvalue weighted by Gasteiger charge is 2.20. The van der Waals surface area contributed by atoms with Gasteiger partial charge in [0.05, 0.1) is 12.7 Å². The van der Waals surface area contributed by atoms with Crippen LogP contribution in [0, 0.1) is 5.92 Å². The van der Waals surface area contributed by atoms with Crippen molar-refractivity contribution in [3.8, 4) is 0 Å². The zero-order valence-corrected chi connectivity index (χ0v) is 10.7. The summed E-state index contributed by atoms with van der Waals surface area (Å²) in [7, 11) is 0. The maximum absolute atomic E-state index is 6.00. The molecule has 0 bridgehead atoms. The smallest absolute Gasteiger partial charge is 0.0720 e. The van der Waals surface area contributed by atoms with Crippen LogP contribution in [0.1, 0.15) is 44.6 Å². The Kier molecular flexibility index (Phi) is 4.43. The lowest BCUT2D eigenvalue weighted by atomic mass is 9.85. The number of hydrogen-bond acceptors (Lipinski definition) is 2. The Morgan fingerprint density at radius 2 is 2.00 bits per heavy atom. The van der Waals surface area contributed by atoms with E-state index in [-0.39, 0.29) is 0 Å². The van der Waals surface area contributed by atoms with Crippen LogP contribution in [-0.4, -0.2) is 6.10 Å². The molecule has 2 rings (SSSR count). The minimum Gasteiger partial charge on any atom is -0.399 e. The molecule has 1 aliphatic carbocycles. The first-order valence-electron chi connectivity index (χ1n) is 6.74. The van der Waals surface area contributed by atoms with E-state index in [0.29, 0.717) is 6.10 Å². The second kappa shape index (κ2) is 6.06. The summed E-state index contributed by atoms with van der Waals surface area (Å²) in [5.41, 5.74) is 7.70. The van der Waals surface area contributed by atoms with Crippen molar-refractivity contribution in [3.05, 3.63) is 29.8 Å². The molecule has 1 aromatic carbocycles. The molecule has 0 saturated heterocycles. The van der Waals surface area contributed by atoms with E-state index in [4.69, 9.17) is 10.5 Å². The number of hydrogen-bond donors (Lipinski definition) is 1. The van der Waals surface area contributed by atoms with Gasteiger partial charge in [0, 0.05) is 5.69 Å². The summed E-state index contributed by atoms with van der Waals surface area (Å²) in [5.74, 6) is 0.875. The molecule has 0 spiro atoms. The summed E-state index contributed by atoms with van der Waals surface area (Å²) >= 11 is 0. The van der Waals surface area contributed by atoms with Crippen LogP contribution in [0.2, 0.25) is 0 Å². The summed E-state index contributed by atoms with van der Waals surface area (Å²) in [6, 6.07) is 7.98. The van der Waals surface area contributed by atoms with Crippen molar-refractivity contribution >= 4 is 5.69 Å². The Bertz CT molecular complexity index is 333. The fourth-order valence-electron chi connectivity index (χ4n) is 2.59. The van der Waals surface area contributed by atoms with Crippen LogP contribution in [0.3, 0.4) is 0 Å². The van der Waals surface area contributed by atoms with Crippen LogP contribution in [0.4, 0.5) is 5.69 Å². The third kappa shape index (κ3) is 3.74. The van der Waals surface area contributed by atoms with E-state index in [1.165, 1.54) is 37.7 Å². The van der Waals surface area contributed by atoms with Gasteiger partial charge in [0.1, 0.15) is 0 Å². The van der Waals surface area contributed by atoms with Crippen LogP contribution in [-0.2, 0) is 11.3 Å². The second-order valence-corrected chi connectivity index (χ2v) is 5.12. The van der Waals surface area contributed by atoms with Crippen molar-refractivity contribution in [2.24, 2.45) is 5.92 Å². The minimum atomic E-state index is 0.464. The summed E-state index contributed by atoms with van der Waals surface area (Å²) in [6.45, 7) is 3.01. The first-order chi connectivity index (χ1) is 8.28. The molecule has 1 saturated carbocycles. The molecule has 0 heterocycles. The first-order valence-corrected chi connectivity index (χ1v) is 6.74. The molecule has 2 unspecified atom stereocenters. The van der Waals surface area contributed by atoms with Gasteiger partial charge in [0.25, 0.3) is 0 Å². The molecule has 17 heavy (non-hydrogen) atoms. The molecule has 94 valence electrons. The number of benzene rings is 1. The van der Waals surface area contributed by atoms with Gasteiger partial charge in [0.15, 0.2) is 0 Å².